The summed E-state index contributed by atoms with van der Waals surface area (Å²) in [7, 11) is 3.35. The lowest BCUT2D eigenvalue weighted by Gasteiger charge is -2.34. The van der Waals surface area contributed by atoms with Gasteiger partial charge in [0, 0.05) is 58.6 Å². The largest absolute Gasteiger partial charge is 0.493 e. The normalized spacial score (nSPS) is 15.9. The SMILES string of the molecule is COc1ccc(CN2CCN(Cc3ccnc(N4CCCC4)n3)CC2)cc1OC.O=C(O)CC(O)(CC(=O)O)C(=O)O. The Morgan fingerprint density at radius 3 is 1.93 bits per heavy atom. The van der Waals surface area contributed by atoms with Crippen LogP contribution in [-0.4, -0.2) is 117 Å². The van der Waals surface area contributed by atoms with E-state index in [1.807, 2.05) is 12.3 Å². The number of aromatic nitrogens is 2. The molecule has 0 unspecified atom stereocenters. The van der Waals surface area contributed by atoms with Crippen LogP contribution in [0.3, 0.4) is 0 Å². The van der Waals surface area contributed by atoms with E-state index in [9.17, 15) is 14.4 Å². The van der Waals surface area contributed by atoms with E-state index >= 15 is 0 Å². The van der Waals surface area contributed by atoms with Crippen LogP contribution >= 0.6 is 0 Å². The fourth-order valence-corrected chi connectivity index (χ4v) is 4.83. The maximum absolute atomic E-state index is 10.3. The molecule has 0 aliphatic carbocycles. The summed E-state index contributed by atoms with van der Waals surface area (Å²) in [5, 5.41) is 33.8. The topological polar surface area (TPSA) is 186 Å². The van der Waals surface area contributed by atoms with Gasteiger partial charge in [0.1, 0.15) is 0 Å². The highest BCUT2D eigenvalue weighted by Crippen LogP contribution is 2.28. The van der Waals surface area contributed by atoms with Crippen molar-refractivity contribution in [3.63, 3.8) is 0 Å². The van der Waals surface area contributed by atoms with Gasteiger partial charge >= 0.3 is 17.9 Å². The molecule has 2 saturated heterocycles. The summed E-state index contributed by atoms with van der Waals surface area (Å²) in [5.41, 5.74) is -0.366. The first kappa shape index (κ1) is 32.5. The quantitative estimate of drug-likeness (QED) is 0.276. The number of carboxylic acids is 3. The zero-order valence-electron chi connectivity index (χ0n) is 23.9. The van der Waals surface area contributed by atoms with Crippen molar-refractivity contribution in [2.45, 2.75) is 44.4 Å². The number of aliphatic carboxylic acids is 3. The molecule has 0 saturated carbocycles. The van der Waals surface area contributed by atoms with Crippen LogP contribution in [-0.2, 0) is 27.5 Å². The number of rotatable bonds is 12. The Labute approximate surface area is 244 Å². The fraction of sp³-hybridized carbons (Fsp3) is 0.536. The maximum Gasteiger partial charge on any atom is 0.336 e. The van der Waals surface area contributed by atoms with Gasteiger partial charge in [-0.3, -0.25) is 19.4 Å². The van der Waals surface area contributed by atoms with E-state index in [0.29, 0.717) is 0 Å². The zero-order valence-corrected chi connectivity index (χ0v) is 23.9. The number of benzene rings is 1. The van der Waals surface area contributed by atoms with Crippen molar-refractivity contribution < 1.29 is 44.3 Å². The van der Waals surface area contributed by atoms with Crippen molar-refractivity contribution in [2.75, 3.05) is 58.4 Å². The van der Waals surface area contributed by atoms with Crippen LogP contribution in [0.1, 0.15) is 36.9 Å². The molecule has 0 radical (unpaired) electrons. The second kappa shape index (κ2) is 15.3. The Kier molecular flexibility index (Phi) is 11.8. The van der Waals surface area contributed by atoms with Gasteiger partial charge in [0.2, 0.25) is 5.95 Å². The van der Waals surface area contributed by atoms with Gasteiger partial charge in [-0.2, -0.15) is 0 Å². The van der Waals surface area contributed by atoms with Gasteiger partial charge in [-0.1, -0.05) is 6.07 Å². The van der Waals surface area contributed by atoms with Gasteiger partial charge in [0.25, 0.3) is 0 Å². The van der Waals surface area contributed by atoms with E-state index in [1.165, 1.54) is 18.4 Å². The van der Waals surface area contributed by atoms with Gasteiger partial charge in [-0.05, 0) is 36.6 Å². The van der Waals surface area contributed by atoms with Crippen molar-refractivity contribution in [1.82, 2.24) is 19.8 Å². The molecule has 3 heterocycles. The number of carbonyl (C=O) groups is 3. The number of piperazine rings is 1. The van der Waals surface area contributed by atoms with Gasteiger partial charge in [0.05, 0.1) is 32.8 Å². The zero-order chi connectivity index (χ0) is 30.7. The Bertz CT molecular complexity index is 1200. The van der Waals surface area contributed by atoms with Gasteiger partial charge in [0.15, 0.2) is 17.1 Å². The first-order valence-electron chi connectivity index (χ1n) is 13.6. The number of anilines is 1. The van der Waals surface area contributed by atoms with Crippen LogP contribution in [0.25, 0.3) is 0 Å². The second-order valence-corrected chi connectivity index (χ2v) is 10.3. The second-order valence-electron chi connectivity index (χ2n) is 10.3. The number of hydrogen-bond donors (Lipinski definition) is 4. The molecule has 2 fully saturated rings. The molecular weight excluding hydrogens is 550 g/mol. The fourth-order valence-electron chi connectivity index (χ4n) is 4.83. The molecule has 4 N–H and O–H groups in total. The third kappa shape index (κ3) is 9.53. The third-order valence-corrected chi connectivity index (χ3v) is 7.08. The van der Waals surface area contributed by atoms with Gasteiger partial charge in [-0.25, -0.2) is 14.8 Å². The molecule has 14 heteroatoms. The molecule has 1 aromatic heterocycles. The number of carboxylic acid groups (broad SMARTS) is 3. The van der Waals surface area contributed by atoms with Gasteiger partial charge in [-0.15, -0.1) is 0 Å². The highest BCUT2D eigenvalue weighted by atomic mass is 16.5. The molecule has 230 valence electrons. The van der Waals surface area contributed by atoms with Crippen molar-refractivity contribution in [3.05, 3.63) is 41.7 Å². The molecule has 2 aliphatic heterocycles. The Morgan fingerprint density at radius 1 is 0.833 bits per heavy atom. The summed E-state index contributed by atoms with van der Waals surface area (Å²) in [5.74, 6) is -2.55. The Balaban J connectivity index is 0.000000316. The minimum absolute atomic E-state index is 0.777. The monoisotopic (exact) mass is 589 g/mol. The number of ether oxygens (including phenoxy) is 2. The third-order valence-electron chi connectivity index (χ3n) is 7.08. The summed E-state index contributed by atoms with van der Waals surface area (Å²) < 4.78 is 10.8. The van der Waals surface area contributed by atoms with Crippen LogP contribution in [0.5, 0.6) is 11.5 Å². The number of aliphatic hydroxyl groups is 1. The molecule has 14 nitrogen and oxygen atoms in total. The minimum Gasteiger partial charge on any atom is -0.493 e. The lowest BCUT2D eigenvalue weighted by atomic mass is 9.96. The van der Waals surface area contributed by atoms with E-state index in [0.717, 1.165) is 75.5 Å². The summed E-state index contributed by atoms with van der Waals surface area (Å²) in [6.07, 6.45) is 2.11. The first-order valence-corrected chi connectivity index (χ1v) is 13.6. The van der Waals surface area contributed by atoms with Crippen molar-refractivity contribution >= 4 is 23.9 Å². The number of nitrogens with zero attached hydrogens (tertiary/aromatic N) is 5. The molecule has 0 amide bonds. The van der Waals surface area contributed by atoms with E-state index < -0.39 is 36.4 Å². The molecule has 0 atom stereocenters. The highest BCUT2D eigenvalue weighted by molar-refractivity contribution is 5.88. The molecular formula is C28H39N5O9. The van der Waals surface area contributed by atoms with Crippen molar-refractivity contribution in [2.24, 2.45) is 0 Å². The molecule has 0 bridgehead atoms. The molecule has 2 aromatic rings. The van der Waals surface area contributed by atoms with Crippen molar-refractivity contribution in [1.29, 1.82) is 0 Å². The summed E-state index contributed by atoms with van der Waals surface area (Å²) in [6, 6.07) is 8.23. The van der Waals surface area contributed by atoms with Crippen molar-refractivity contribution in [3.8, 4) is 11.5 Å². The van der Waals surface area contributed by atoms with E-state index in [1.54, 1.807) is 14.2 Å². The average Bonchev–Trinajstić information content (AvgIpc) is 3.49. The first-order chi connectivity index (χ1) is 20.0. The van der Waals surface area contributed by atoms with E-state index in [2.05, 4.69) is 37.9 Å². The Morgan fingerprint density at radius 2 is 1.40 bits per heavy atom. The molecule has 2 aliphatic rings. The standard InChI is InChI=1S/C22H31N5O2.C6H8O7/c1-28-20-6-5-18(15-21(20)29-2)16-25-11-13-26(14-12-25)17-19-7-8-23-22(24-19)27-9-3-4-10-27;7-3(8)1-6(13,5(11)12)2-4(9)10/h5-8,15H,3-4,9-14,16-17H2,1-2H3;13H,1-2H2,(H,7,8)(H,9,10)(H,11,12). The Hall–Kier alpha value is -4.01. The maximum atomic E-state index is 10.3. The molecule has 4 rings (SSSR count). The predicted molar refractivity (Wildman–Crippen MR) is 151 cm³/mol. The van der Waals surface area contributed by atoms with Crippen LogP contribution in [0.2, 0.25) is 0 Å². The summed E-state index contributed by atoms with van der Waals surface area (Å²) in [4.78, 5) is 47.0. The molecule has 1 aromatic carbocycles. The number of methoxy groups -OCH3 is 2. The van der Waals surface area contributed by atoms with Crippen LogP contribution in [0, 0.1) is 0 Å². The summed E-state index contributed by atoms with van der Waals surface area (Å²) in [6.45, 7) is 8.20. The average molecular weight is 590 g/mol. The highest BCUT2D eigenvalue weighted by Gasteiger charge is 2.40. The smallest absolute Gasteiger partial charge is 0.336 e. The summed E-state index contributed by atoms with van der Waals surface area (Å²) >= 11 is 0. The van der Waals surface area contributed by atoms with Crippen LogP contribution < -0.4 is 14.4 Å². The predicted octanol–water partition coefficient (Wildman–Crippen LogP) is 1.16. The number of hydrogen-bond acceptors (Lipinski definition) is 11. The lowest BCUT2D eigenvalue weighted by Crippen LogP contribution is -2.45. The van der Waals surface area contributed by atoms with Gasteiger partial charge < -0.3 is 34.8 Å². The van der Waals surface area contributed by atoms with E-state index in [4.69, 9.17) is 34.9 Å². The van der Waals surface area contributed by atoms with Crippen LogP contribution in [0.15, 0.2) is 30.5 Å². The molecule has 0 spiro atoms. The minimum atomic E-state index is -2.74. The van der Waals surface area contributed by atoms with Crippen LogP contribution in [0.4, 0.5) is 5.95 Å². The molecule has 42 heavy (non-hydrogen) atoms. The van der Waals surface area contributed by atoms with E-state index in [-0.39, 0.29) is 0 Å². The lowest BCUT2D eigenvalue weighted by molar-refractivity contribution is -0.170.